The van der Waals surface area contributed by atoms with Gasteiger partial charge in [-0.05, 0) is 80.2 Å². The normalized spacial score (nSPS) is 11.5. The van der Waals surface area contributed by atoms with Crippen molar-refractivity contribution in [2.45, 2.75) is 0 Å². The summed E-state index contributed by atoms with van der Waals surface area (Å²) in [6.45, 7) is 0. The Morgan fingerprint density at radius 3 is 1.61 bits per heavy atom. The Balaban J connectivity index is 1.14. The van der Waals surface area contributed by atoms with Gasteiger partial charge in [-0.3, -0.25) is 0 Å². The van der Waals surface area contributed by atoms with Crippen molar-refractivity contribution < 1.29 is 4.42 Å². The Kier molecular flexibility index (Phi) is 6.78. The lowest BCUT2D eigenvalue weighted by Crippen LogP contribution is -2.00. The molecule has 2 heterocycles. The lowest BCUT2D eigenvalue weighted by atomic mass is 9.98. The molecule has 0 aliphatic heterocycles. The molecule has 2 aromatic heterocycles. The van der Waals surface area contributed by atoms with E-state index in [0.717, 1.165) is 60.5 Å². The zero-order valence-corrected chi connectivity index (χ0v) is 27.5. The predicted molar refractivity (Wildman–Crippen MR) is 209 cm³/mol. The summed E-state index contributed by atoms with van der Waals surface area (Å²) in [4.78, 5) is 15.3. The van der Waals surface area contributed by atoms with Crippen molar-refractivity contribution in [2.75, 3.05) is 0 Å². The summed E-state index contributed by atoms with van der Waals surface area (Å²) in [5, 5.41) is 6.73. The van der Waals surface area contributed by atoms with Crippen LogP contribution in [0.4, 0.5) is 0 Å². The Morgan fingerprint density at radius 2 is 0.843 bits per heavy atom. The number of rotatable bonds is 5. The summed E-state index contributed by atoms with van der Waals surface area (Å²) in [5.74, 6) is 1.84. The number of aromatic nitrogens is 3. The van der Waals surface area contributed by atoms with E-state index in [9.17, 15) is 0 Å². The first-order chi connectivity index (χ1) is 25.2. The lowest BCUT2D eigenvalue weighted by Gasteiger charge is -2.10. The maximum Gasteiger partial charge on any atom is 0.164 e. The van der Waals surface area contributed by atoms with Crippen LogP contribution in [0.1, 0.15) is 0 Å². The van der Waals surface area contributed by atoms with Crippen molar-refractivity contribution in [1.82, 2.24) is 15.0 Å². The third kappa shape index (κ3) is 5.22. The van der Waals surface area contributed by atoms with Gasteiger partial charge in [0.2, 0.25) is 0 Å². The molecule has 8 aromatic carbocycles. The molecule has 0 unspecified atom stereocenters. The highest BCUT2D eigenvalue weighted by molar-refractivity contribution is 6.13. The van der Waals surface area contributed by atoms with Gasteiger partial charge in [0.05, 0.1) is 0 Å². The maximum atomic E-state index is 6.42. The number of benzene rings is 8. The minimum Gasteiger partial charge on any atom is -0.456 e. The van der Waals surface area contributed by atoms with E-state index in [2.05, 4.69) is 127 Å². The second kappa shape index (κ2) is 11.9. The molecule has 0 radical (unpaired) electrons. The van der Waals surface area contributed by atoms with Gasteiger partial charge in [-0.2, -0.15) is 0 Å². The van der Waals surface area contributed by atoms with Crippen molar-refractivity contribution in [3.8, 4) is 56.4 Å². The zero-order valence-electron chi connectivity index (χ0n) is 27.5. The van der Waals surface area contributed by atoms with E-state index < -0.39 is 0 Å². The Morgan fingerprint density at radius 1 is 0.314 bits per heavy atom. The average Bonchev–Trinajstić information content (AvgIpc) is 3.59. The third-order valence-corrected chi connectivity index (χ3v) is 9.69. The van der Waals surface area contributed by atoms with Crippen LogP contribution in [0.15, 0.2) is 180 Å². The topological polar surface area (TPSA) is 51.8 Å². The molecule has 10 aromatic rings. The molecule has 4 nitrogen and oxygen atoms in total. The first-order valence-corrected chi connectivity index (χ1v) is 17.1. The van der Waals surface area contributed by atoms with Gasteiger partial charge in [-0.25, -0.2) is 15.0 Å². The van der Waals surface area contributed by atoms with E-state index in [1.54, 1.807) is 0 Å². The quantitative estimate of drug-likeness (QED) is 0.186. The second-order valence-corrected chi connectivity index (χ2v) is 12.9. The first kappa shape index (κ1) is 29.0. The van der Waals surface area contributed by atoms with Crippen LogP contribution in [0.2, 0.25) is 0 Å². The van der Waals surface area contributed by atoms with Crippen LogP contribution in [0.25, 0.3) is 99.9 Å². The standard InChI is InChI=1S/C47H29N3O/c1-3-10-30(11-4-1)34-20-21-37-28-39(23-22-35(37)27-34)46-48-45(32-13-5-2-6-14-32)49-47(50-46)40-16-9-17-43-44(40)41-29-38(24-25-42(41)51-43)36-19-18-31-12-7-8-15-33(31)26-36/h1-29H. The molecule has 0 aliphatic rings. The van der Waals surface area contributed by atoms with E-state index in [0.29, 0.717) is 17.5 Å². The molecular weight excluding hydrogens is 623 g/mol. The van der Waals surface area contributed by atoms with E-state index in [4.69, 9.17) is 19.4 Å². The monoisotopic (exact) mass is 651 g/mol. The molecule has 4 heteroatoms. The van der Waals surface area contributed by atoms with Crippen molar-refractivity contribution in [1.29, 1.82) is 0 Å². The number of hydrogen-bond donors (Lipinski definition) is 0. The van der Waals surface area contributed by atoms with Gasteiger partial charge in [-0.15, -0.1) is 0 Å². The zero-order chi connectivity index (χ0) is 33.7. The largest absolute Gasteiger partial charge is 0.456 e. The number of hydrogen-bond acceptors (Lipinski definition) is 4. The van der Waals surface area contributed by atoms with Gasteiger partial charge < -0.3 is 4.42 Å². The molecule has 0 fully saturated rings. The molecule has 0 spiro atoms. The van der Waals surface area contributed by atoms with E-state index in [1.807, 2.05) is 48.5 Å². The van der Waals surface area contributed by atoms with Crippen LogP contribution < -0.4 is 0 Å². The van der Waals surface area contributed by atoms with Gasteiger partial charge in [-0.1, -0.05) is 140 Å². The smallest absolute Gasteiger partial charge is 0.164 e. The maximum absolute atomic E-state index is 6.42. The molecule has 0 bridgehead atoms. The van der Waals surface area contributed by atoms with Crippen LogP contribution >= 0.6 is 0 Å². The summed E-state index contributed by atoms with van der Waals surface area (Å²) in [6.07, 6.45) is 0. The number of furan rings is 1. The van der Waals surface area contributed by atoms with Crippen LogP contribution in [0.3, 0.4) is 0 Å². The summed E-state index contributed by atoms with van der Waals surface area (Å²) in [5.41, 5.74) is 9.04. The number of nitrogens with zero attached hydrogens (tertiary/aromatic N) is 3. The first-order valence-electron chi connectivity index (χ1n) is 17.1. The highest BCUT2D eigenvalue weighted by Gasteiger charge is 2.18. The van der Waals surface area contributed by atoms with Crippen LogP contribution in [0.5, 0.6) is 0 Å². The van der Waals surface area contributed by atoms with Crippen LogP contribution in [0, 0.1) is 0 Å². The molecule has 51 heavy (non-hydrogen) atoms. The number of fused-ring (bicyclic) bond motifs is 5. The van der Waals surface area contributed by atoms with Crippen LogP contribution in [-0.2, 0) is 0 Å². The Bertz CT molecular complexity index is 2910. The fourth-order valence-corrected chi connectivity index (χ4v) is 7.10. The second-order valence-electron chi connectivity index (χ2n) is 12.9. The third-order valence-electron chi connectivity index (χ3n) is 9.69. The Hall–Kier alpha value is -6.91. The van der Waals surface area contributed by atoms with Gasteiger partial charge in [0.15, 0.2) is 17.5 Å². The van der Waals surface area contributed by atoms with Crippen molar-refractivity contribution >= 4 is 43.5 Å². The van der Waals surface area contributed by atoms with Gasteiger partial charge in [0.1, 0.15) is 11.2 Å². The highest BCUT2D eigenvalue weighted by atomic mass is 16.3. The molecule has 0 aliphatic carbocycles. The lowest BCUT2D eigenvalue weighted by molar-refractivity contribution is 0.669. The molecule has 0 saturated heterocycles. The minimum absolute atomic E-state index is 0.600. The van der Waals surface area contributed by atoms with Crippen molar-refractivity contribution in [2.24, 2.45) is 0 Å². The molecule has 0 N–H and O–H groups in total. The van der Waals surface area contributed by atoms with E-state index in [-0.39, 0.29) is 0 Å². The molecule has 238 valence electrons. The van der Waals surface area contributed by atoms with Crippen molar-refractivity contribution in [3.05, 3.63) is 176 Å². The van der Waals surface area contributed by atoms with Crippen molar-refractivity contribution in [3.63, 3.8) is 0 Å². The molecule has 0 saturated carbocycles. The van der Waals surface area contributed by atoms with Gasteiger partial charge in [0, 0.05) is 27.5 Å². The minimum atomic E-state index is 0.600. The fourth-order valence-electron chi connectivity index (χ4n) is 7.10. The predicted octanol–water partition coefficient (Wildman–Crippen LogP) is 12.4. The van der Waals surface area contributed by atoms with E-state index >= 15 is 0 Å². The van der Waals surface area contributed by atoms with Gasteiger partial charge in [0.25, 0.3) is 0 Å². The highest BCUT2D eigenvalue weighted by Crippen LogP contribution is 2.39. The summed E-state index contributed by atoms with van der Waals surface area (Å²) < 4.78 is 6.42. The fraction of sp³-hybridized carbons (Fsp3) is 0. The molecular formula is C47H29N3O. The van der Waals surface area contributed by atoms with Gasteiger partial charge >= 0.3 is 0 Å². The average molecular weight is 652 g/mol. The van der Waals surface area contributed by atoms with Crippen LogP contribution in [-0.4, -0.2) is 15.0 Å². The summed E-state index contributed by atoms with van der Waals surface area (Å²) in [7, 11) is 0. The summed E-state index contributed by atoms with van der Waals surface area (Å²) in [6, 6.07) is 61.2. The molecule has 0 amide bonds. The Labute approximate surface area is 294 Å². The molecule has 10 rings (SSSR count). The summed E-state index contributed by atoms with van der Waals surface area (Å²) >= 11 is 0. The van der Waals surface area contributed by atoms with E-state index in [1.165, 1.54) is 21.9 Å². The molecule has 0 atom stereocenters. The SMILES string of the molecule is c1ccc(-c2ccc3cc(-c4nc(-c5ccccc5)nc(-c5cccc6oc7ccc(-c8ccc9ccccc9c8)cc7c56)n4)ccc3c2)cc1.